The molecule has 0 aliphatic rings. The Morgan fingerprint density at radius 1 is 1.04 bits per heavy atom. The van der Waals surface area contributed by atoms with Crippen molar-refractivity contribution >= 4 is 5.69 Å². The molecule has 0 amide bonds. The Balaban J connectivity index is 1.50. The molecule has 0 radical (unpaired) electrons. The molecule has 0 saturated heterocycles. The van der Waals surface area contributed by atoms with Crippen molar-refractivity contribution in [3.8, 4) is 22.6 Å². The second kappa shape index (κ2) is 6.60. The molecule has 4 aromatic rings. The van der Waals surface area contributed by atoms with Gasteiger partial charge in [-0.25, -0.2) is 9.67 Å². The summed E-state index contributed by atoms with van der Waals surface area (Å²) in [4.78, 5) is 14.5. The van der Waals surface area contributed by atoms with Crippen LogP contribution in [0.25, 0.3) is 22.6 Å². The van der Waals surface area contributed by atoms with Gasteiger partial charge in [0.05, 0.1) is 4.92 Å². The highest BCUT2D eigenvalue weighted by molar-refractivity contribution is 5.58. The summed E-state index contributed by atoms with van der Waals surface area (Å²) in [6.45, 7) is 0.389. The Labute approximate surface area is 147 Å². The van der Waals surface area contributed by atoms with Crippen LogP contribution in [0.2, 0.25) is 0 Å². The van der Waals surface area contributed by atoms with Crippen LogP contribution in [0.3, 0.4) is 0 Å². The summed E-state index contributed by atoms with van der Waals surface area (Å²) in [5.41, 5.74) is 2.48. The van der Waals surface area contributed by atoms with E-state index in [9.17, 15) is 10.1 Å². The molecule has 0 unspecified atom stereocenters. The average Bonchev–Trinajstić information content (AvgIpc) is 3.33. The second-order valence-electron chi connectivity index (χ2n) is 5.61. The van der Waals surface area contributed by atoms with E-state index in [1.54, 1.807) is 23.1 Å². The number of rotatable bonds is 5. The van der Waals surface area contributed by atoms with Crippen molar-refractivity contribution in [2.75, 3.05) is 0 Å². The number of nitro groups is 1. The second-order valence-corrected chi connectivity index (χ2v) is 5.61. The Morgan fingerprint density at radius 2 is 1.81 bits per heavy atom. The molecule has 0 bridgehead atoms. The molecular formula is C18H13N5O3. The number of hydrogen-bond acceptors (Lipinski definition) is 6. The molecule has 128 valence electrons. The maximum atomic E-state index is 10.7. The Kier molecular flexibility index (Phi) is 3.98. The molecule has 0 saturated carbocycles. The Bertz CT molecular complexity index is 1040. The fourth-order valence-electron chi connectivity index (χ4n) is 2.53. The summed E-state index contributed by atoms with van der Waals surface area (Å²) in [5.74, 6) is 1.15. The molecule has 8 heteroatoms. The minimum Gasteiger partial charge on any atom is -0.359 e. The van der Waals surface area contributed by atoms with E-state index in [4.69, 9.17) is 4.52 Å². The van der Waals surface area contributed by atoms with E-state index in [0.717, 1.165) is 11.3 Å². The van der Waals surface area contributed by atoms with Crippen LogP contribution in [-0.2, 0) is 6.54 Å². The van der Waals surface area contributed by atoms with Crippen LogP contribution in [0.15, 0.2) is 71.5 Å². The fraction of sp³-hybridized carbons (Fsp3) is 0.0556. The van der Waals surface area contributed by atoms with Gasteiger partial charge in [0.2, 0.25) is 0 Å². The van der Waals surface area contributed by atoms with Gasteiger partial charge in [-0.15, -0.1) is 0 Å². The van der Waals surface area contributed by atoms with Gasteiger partial charge in [-0.2, -0.15) is 5.10 Å². The van der Waals surface area contributed by atoms with Gasteiger partial charge in [0.25, 0.3) is 5.69 Å². The Hall–Kier alpha value is -3.81. The Morgan fingerprint density at radius 3 is 2.54 bits per heavy atom. The third-order valence-electron chi connectivity index (χ3n) is 3.82. The van der Waals surface area contributed by atoms with Crippen molar-refractivity contribution in [3.63, 3.8) is 0 Å². The summed E-state index contributed by atoms with van der Waals surface area (Å²) in [6, 6.07) is 17.7. The van der Waals surface area contributed by atoms with E-state index >= 15 is 0 Å². The van der Waals surface area contributed by atoms with E-state index in [1.807, 2.05) is 36.4 Å². The normalized spacial score (nSPS) is 10.8. The molecule has 8 nitrogen and oxygen atoms in total. The van der Waals surface area contributed by atoms with Crippen LogP contribution >= 0.6 is 0 Å². The van der Waals surface area contributed by atoms with Gasteiger partial charge in [-0.3, -0.25) is 10.1 Å². The zero-order valence-corrected chi connectivity index (χ0v) is 13.5. The zero-order chi connectivity index (χ0) is 17.9. The average molecular weight is 347 g/mol. The monoisotopic (exact) mass is 347 g/mol. The molecule has 2 aromatic carbocycles. The predicted molar refractivity (Wildman–Crippen MR) is 93.2 cm³/mol. The highest BCUT2D eigenvalue weighted by Crippen LogP contribution is 2.21. The number of hydrogen-bond donors (Lipinski definition) is 0. The minimum atomic E-state index is -0.440. The first-order valence-corrected chi connectivity index (χ1v) is 7.84. The lowest BCUT2D eigenvalue weighted by atomic mass is 10.1. The first kappa shape index (κ1) is 15.7. The van der Waals surface area contributed by atoms with Gasteiger partial charge < -0.3 is 4.52 Å². The zero-order valence-electron chi connectivity index (χ0n) is 13.5. The number of benzene rings is 2. The van der Waals surface area contributed by atoms with E-state index in [0.29, 0.717) is 23.7 Å². The summed E-state index contributed by atoms with van der Waals surface area (Å²) < 4.78 is 7.00. The first-order valence-electron chi connectivity index (χ1n) is 7.84. The fourth-order valence-corrected chi connectivity index (χ4v) is 2.53. The maximum Gasteiger partial charge on any atom is 0.269 e. The number of non-ortho nitro benzene ring substituents is 1. The van der Waals surface area contributed by atoms with E-state index in [-0.39, 0.29) is 5.69 Å². The molecule has 0 atom stereocenters. The minimum absolute atomic E-state index is 0.0308. The van der Waals surface area contributed by atoms with Crippen molar-refractivity contribution < 1.29 is 9.45 Å². The molecule has 0 aliphatic heterocycles. The molecule has 2 aromatic heterocycles. The lowest BCUT2D eigenvalue weighted by Gasteiger charge is -1.96. The molecule has 0 spiro atoms. The largest absolute Gasteiger partial charge is 0.359 e. The number of aromatic nitrogens is 4. The van der Waals surface area contributed by atoms with E-state index in [2.05, 4.69) is 15.2 Å². The van der Waals surface area contributed by atoms with Crippen LogP contribution < -0.4 is 0 Å². The van der Waals surface area contributed by atoms with Crippen LogP contribution in [0.5, 0.6) is 0 Å². The third-order valence-corrected chi connectivity index (χ3v) is 3.82. The predicted octanol–water partition coefficient (Wildman–Crippen LogP) is 3.56. The molecule has 2 heterocycles. The van der Waals surface area contributed by atoms with Gasteiger partial charge in [0, 0.05) is 29.3 Å². The molecule has 0 fully saturated rings. The first-order chi connectivity index (χ1) is 12.7. The smallest absolute Gasteiger partial charge is 0.269 e. The maximum absolute atomic E-state index is 10.7. The topological polar surface area (TPSA) is 99.9 Å². The lowest BCUT2D eigenvalue weighted by Crippen LogP contribution is -1.99. The summed E-state index contributed by atoms with van der Waals surface area (Å²) >= 11 is 0. The van der Waals surface area contributed by atoms with E-state index < -0.39 is 4.92 Å². The highest BCUT2D eigenvalue weighted by Gasteiger charge is 2.11. The standard InChI is InChI=1S/C18H13N5O3/c24-23(25)15-8-6-14(7-9-15)18-19-12-22(20-18)11-16-10-17(21-26-16)13-4-2-1-3-5-13/h1-10,12H,11H2. The third kappa shape index (κ3) is 3.20. The van der Waals surface area contributed by atoms with Crippen molar-refractivity contribution in [1.29, 1.82) is 0 Å². The van der Waals surface area contributed by atoms with Crippen LogP contribution in [0, 0.1) is 10.1 Å². The summed E-state index contributed by atoms with van der Waals surface area (Å²) in [7, 11) is 0. The van der Waals surface area contributed by atoms with Gasteiger partial charge in [0.1, 0.15) is 18.6 Å². The van der Waals surface area contributed by atoms with Crippen molar-refractivity contribution in [1.82, 2.24) is 19.9 Å². The van der Waals surface area contributed by atoms with Crippen LogP contribution in [0.4, 0.5) is 5.69 Å². The molecule has 26 heavy (non-hydrogen) atoms. The quantitative estimate of drug-likeness (QED) is 0.404. The van der Waals surface area contributed by atoms with Crippen molar-refractivity contribution in [2.24, 2.45) is 0 Å². The van der Waals surface area contributed by atoms with Crippen molar-refractivity contribution in [3.05, 3.63) is 82.9 Å². The molecule has 0 N–H and O–H groups in total. The van der Waals surface area contributed by atoms with Crippen molar-refractivity contribution in [2.45, 2.75) is 6.54 Å². The van der Waals surface area contributed by atoms with Gasteiger partial charge in [0.15, 0.2) is 11.6 Å². The number of nitro benzene ring substituents is 1. The number of nitrogens with zero attached hydrogens (tertiary/aromatic N) is 5. The van der Waals surface area contributed by atoms with E-state index in [1.165, 1.54) is 12.1 Å². The van der Waals surface area contributed by atoms with Gasteiger partial charge in [-0.05, 0) is 12.1 Å². The summed E-state index contributed by atoms with van der Waals surface area (Å²) in [6.07, 6.45) is 1.58. The summed E-state index contributed by atoms with van der Waals surface area (Å²) in [5, 5.41) is 19.2. The molecular weight excluding hydrogens is 334 g/mol. The lowest BCUT2D eigenvalue weighted by molar-refractivity contribution is -0.384. The van der Waals surface area contributed by atoms with Gasteiger partial charge >= 0.3 is 0 Å². The van der Waals surface area contributed by atoms with Crippen LogP contribution in [0.1, 0.15) is 5.76 Å². The molecule has 4 rings (SSSR count). The van der Waals surface area contributed by atoms with Gasteiger partial charge in [-0.1, -0.05) is 35.5 Å². The SMILES string of the molecule is O=[N+]([O-])c1ccc(-c2ncn(Cc3cc(-c4ccccc4)no3)n2)cc1. The van der Waals surface area contributed by atoms with Crippen LogP contribution in [-0.4, -0.2) is 24.8 Å². The highest BCUT2D eigenvalue weighted by atomic mass is 16.6. The molecule has 0 aliphatic carbocycles.